The summed E-state index contributed by atoms with van der Waals surface area (Å²) in [4.78, 5) is 11.3. The van der Waals surface area contributed by atoms with Crippen LogP contribution in [0.15, 0.2) is 41.0 Å². The molecule has 4 rings (SSSR count). The number of methoxy groups -OCH3 is 1. The molecule has 1 aliphatic heterocycles. The molecule has 0 bridgehead atoms. The Morgan fingerprint density at radius 2 is 1.96 bits per heavy atom. The number of hydrogen-bond donors (Lipinski definition) is 1. The Hall–Kier alpha value is -2.09. The van der Waals surface area contributed by atoms with Gasteiger partial charge < -0.3 is 19.7 Å². The first-order valence-corrected chi connectivity index (χ1v) is 9.71. The Kier molecular flexibility index (Phi) is 5.33. The molecule has 0 atom stereocenters. The molecule has 0 saturated carbocycles. The van der Waals surface area contributed by atoms with Gasteiger partial charge in [-0.05, 0) is 46.3 Å². The van der Waals surface area contributed by atoms with E-state index < -0.39 is 0 Å². The SMILES string of the molecule is COc1cc(Br)c(Cl)c2cnc(Nc3ccc(N4CCOCC4)cc3)nc12. The van der Waals surface area contributed by atoms with Crippen molar-refractivity contribution in [1.29, 1.82) is 0 Å². The molecule has 1 fully saturated rings. The second-order valence-corrected chi connectivity index (χ2v) is 7.33. The molecular formula is C19H18BrClN4O2. The van der Waals surface area contributed by atoms with E-state index in [1.54, 1.807) is 19.4 Å². The van der Waals surface area contributed by atoms with Gasteiger partial charge >= 0.3 is 0 Å². The number of morpholine rings is 1. The summed E-state index contributed by atoms with van der Waals surface area (Å²) in [6.07, 6.45) is 1.70. The van der Waals surface area contributed by atoms with Crippen molar-refractivity contribution < 1.29 is 9.47 Å². The van der Waals surface area contributed by atoms with Gasteiger partial charge in [-0.15, -0.1) is 0 Å². The van der Waals surface area contributed by atoms with E-state index in [0.717, 1.165) is 41.8 Å². The Morgan fingerprint density at radius 1 is 1.22 bits per heavy atom. The van der Waals surface area contributed by atoms with Gasteiger partial charge in [-0.25, -0.2) is 9.97 Å². The van der Waals surface area contributed by atoms with E-state index in [-0.39, 0.29) is 0 Å². The van der Waals surface area contributed by atoms with Gasteiger partial charge in [0, 0.05) is 40.5 Å². The second-order valence-electron chi connectivity index (χ2n) is 6.10. The van der Waals surface area contributed by atoms with Crippen molar-refractivity contribution in [2.24, 2.45) is 0 Å². The number of rotatable bonds is 4. The molecule has 3 aromatic rings. The van der Waals surface area contributed by atoms with Crippen LogP contribution in [0.1, 0.15) is 0 Å². The summed E-state index contributed by atoms with van der Waals surface area (Å²) >= 11 is 9.77. The molecule has 8 heteroatoms. The van der Waals surface area contributed by atoms with Gasteiger partial charge in [-0.1, -0.05) is 11.6 Å². The summed E-state index contributed by atoms with van der Waals surface area (Å²) in [5, 5.41) is 4.53. The lowest BCUT2D eigenvalue weighted by Crippen LogP contribution is -2.36. The van der Waals surface area contributed by atoms with Crippen molar-refractivity contribution in [2.75, 3.05) is 43.6 Å². The van der Waals surface area contributed by atoms with E-state index in [4.69, 9.17) is 21.1 Å². The molecule has 140 valence electrons. The Morgan fingerprint density at radius 3 is 2.67 bits per heavy atom. The maximum atomic E-state index is 6.34. The molecule has 27 heavy (non-hydrogen) atoms. The first-order valence-electron chi connectivity index (χ1n) is 8.54. The average Bonchev–Trinajstić information content (AvgIpc) is 2.72. The van der Waals surface area contributed by atoms with Crippen LogP contribution >= 0.6 is 27.5 Å². The number of anilines is 3. The normalized spacial score (nSPS) is 14.4. The highest BCUT2D eigenvalue weighted by Gasteiger charge is 2.14. The monoisotopic (exact) mass is 448 g/mol. The van der Waals surface area contributed by atoms with Crippen LogP contribution in [-0.2, 0) is 4.74 Å². The lowest BCUT2D eigenvalue weighted by molar-refractivity contribution is 0.122. The van der Waals surface area contributed by atoms with Crippen molar-refractivity contribution >= 4 is 55.8 Å². The molecule has 2 heterocycles. The molecule has 0 aliphatic carbocycles. The predicted octanol–water partition coefficient (Wildman–Crippen LogP) is 4.63. The van der Waals surface area contributed by atoms with Crippen molar-refractivity contribution in [3.63, 3.8) is 0 Å². The Balaban J connectivity index is 1.59. The van der Waals surface area contributed by atoms with Gasteiger partial charge in [0.05, 0.1) is 25.3 Å². The fourth-order valence-electron chi connectivity index (χ4n) is 3.03. The lowest BCUT2D eigenvalue weighted by atomic mass is 10.2. The molecule has 0 amide bonds. The number of hydrogen-bond acceptors (Lipinski definition) is 6. The summed E-state index contributed by atoms with van der Waals surface area (Å²) in [6.45, 7) is 3.37. The minimum Gasteiger partial charge on any atom is -0.494 e. The number of ether oxygens (including phenoxy) is 2. The van der Waals surface area contributed by atoms with Crippen LogP contribution in [0.2, 0.25) is 5.02 Å². The summed E-state index contributed by atoms with van der Waals surface area (Å²) in [7, 11) is 1.61. The summed E-state index contributed by atoms with van der Waals surface area (Å²) < 4.78 is 11.6. The largest absolute Gasteiger partial charge is 0.494 e. The minimum absolute atomic E-state index is 0.485. The third-order valence-corrected chi connectivity index (χ3v) is 5.71. The fourth-order valence-corrected chi connectivity index (χ4v) is 3.64. The van der Waals surface area contributed by atoms with Crippen LogP contribution in [-0.4, -0.2) is 43.4 Å². The quantitative estimate of drug-likeness (QED) is 0.626. The average molecular weight is 450 g/mol. The number of nitrogens with zero attached hydrogens (tertiary/aromatic N) is 3. The van der Waals surface area contributed by atoms with Gasteiger partial charge in [-0.3, -0.25) is 0 Å². The van der Waals surface area contributed by atoms with E-state index in [2.05, 4.69) is 48.2 Å². The Labute approximate surface area is 170 Å². The maximum absolute atomic E-state index is 6.34. The third-order valence-electron chi connectivity index (χ3n) is 4.45. The van der Waals surface area contributed by atoms with E-state index in [1.807, 2.05) is 12.1 Å². The van der Waals surface area contributed by atoms with Crippen molar-refractivity contribution in [3.05, 3.63) is 46.0 Å². The van der Waals surface area contributed by atoms with Gasteiger partial charge in [-0.2, -0.15) is 0 Å². The maximum Gasteiger partial charge on any atom is 0.227 e. The third kappa shape index (κ3) is 3.81. The smallest absolute Gasteiger partial charge is 0.227 e. The zero-order chi connectivity index (χ0) is 18.8. The molecular weight excluding hydrogens is 432 g/mol. The van der Waals surface area contributed by atoms with Crippen LogP contribution in [0, 0.1) is 0 Å². The molecule has 0 radical (unpaired) electrons. The van der Waals surface area contributed by atoms with E-state index in [0.29, 0.717) is 22.2 Å². The topological polar surface area (TPSA) is 59.5 Å². The number of halogens is 2. The molecule has 1 N–H and O–H groups in total. The molecule has 2 aromatic carbocycles. The van der Waals surface area contributed by atoms with Crippen LogP contribution in [0.4, 0.5) is 17.3 Å². The minimum atomic E-state index is 0.485. The van der Waals surface area contributed by atoms with E-state index >= 15 is 0 Å². The van der Waals surface area contributed by atoms with E-state index in [1.165, 1.54) is 5.69 Å². The van der Waals surface area contributed by atoms with Gasteiger partial charge in [0.25, 0.3) is 0 Å². The lowest BCUT2D eigenvalue weighted by Gasteiger charge is -2.28. The summed E-state index contributed by atoms with van der Waals surface area (Å²) in [5.74, 6) is 1.12. The van der Waals surface area contributed by atoms with E-state index in [9.17, 15) is 0 Å². The van der Waals surface area contributed by atoms with Crippen molar-refractivity contribution in [2.45, 2.75) is 0 Å². The summed E-state index contributed by atoms with van der Waals surface area (Å²) in [5.41, 5.74) is 2.75. The van der Waals surface area contributed by atoms with Gasteiger partial charge in [0.2, 0.25) is 5.95 Å². The first kappa shape index (κ1) is 18.3. The number of benzene rings is 2. The zero-order valence-electron chi connectivity index (χ0n) is 14.7. The molecule has 1 aliphatic rings. The predicted molar refractivity (Wildman–Crippen MR) is 112 cm³/mol. The van der Waals surface area contributed by atoms with Gasteiger partial charge in [0.15, 0.2) is 0 Å². The highest BCUT2D eigenvalue weighted by molar-refractivity contribution is 9.10. The highest BCUT2D eigenvalue weighted by atomic mass is 79.9. The highest BCUT2D eigenvalue weighted by Crippen LogP contribution is 2.36. The number of aromatic nitrogens is 2. The Bertz CT molecular complexity index is 962. The van der Waals surface area contributed by atoms with Crippen LogP contribution < -0.4 is 15.0 Å². The molecule has 0 unspecified atom stereocenters. The standard InChI is InChI=1S/C19H18BrClN4O2/c1-26-16-10-15(20)17(21)14-11-22-19(24-18(14)16)23-12-2-4-13(5-3-12)25-6-8-27-9-7-25/h2-5,10-11H,6-9H2,1H3,(H,22,23,24). The molecule has 0 spiro atoms. The molecule has 1 aromatic heterocycles. The fraction of sp³-hybridized carbons (Fsp3) is 0.263. The molecule has 6 nitrogen and oxygen atoms in total. The van der Waals surface area contributed by atoms with Crippen molar-refractivity contribution in [3.8, 4) is 5.75 Å². The zero-order valence-corrected chi connectivity index (χ0v) is 17.0. The summed E-state index contributed by atoms with van der Waals surface area (Å²) in [6, 6.07) is 10.0. The van der Waals surface area contributed by atoms with Crippen LogP contribution in [0.3, 0.4) is 0 Å². The molecule has 1 saturated heterocycles. The number of nitrogens with one attached hydrogen (secondary N) is 1. The van der Waals surface area contributed by atoms with Crippen molar-refractivity contribution in [1.82, 2.24) is 9.97 Å². The second kappa shape index (κ2) is 7.88. The van der Waals surface area contributed by atoms with Crippen LogP contribution in [0.25, 0.3) is 10.9 Å². The van der Waals surface area contributed by atoms with Crippen LogP contribution in [0.5, 0.6) is 5.75 Å². The number of fused-ring (bicyclic) bond motifs is 1. The van der Waals surface area contributed by atoms with Gasteiger partial charge in [0.1, 0.15) is 11.3 Å². The first-order chi connectivity index (χ1) is 13.2.